The van der Waals surface area contributed by atoms with Crippen molar-refractivity contribution in [3.05, 3.63) is 24.3 Å². The first-order chi connectivity index (χ1) is 9.24. The molecule has 0 aromatic carbocycles. The maximum absolute atomic E-state index is 12.2. The zero-order valence-electron chi connectivity index (χ0n) is 10.7. The number of nitrogens with one attached hydrogen (secondary N) is 1. The lowest BCUT2D eigenvalue weighted by Gasteiger charge is -2.32. The Balaban J connectivity index is 1.71. The molecule has 3 heterocycles. The molecule has 3 rings (SSSR count). The lowest BCUT2D eigenvalue weighted by atomic mass is 10.2. The molecular weight excluding hydrogens is 246 g/mol. The number of amides is 1. The predicted octanol–water partition coefficient (Wildman–Crippen LogP) is 0.0666. The molecule has 0 aliphatic carbocycles. The van der Waals surface area contributed by atoms with Crippen molar-refractivity contribution >= 4 is 5.91 Å². The fourth-order valence-electron chi connectivity index (χ4n) is 2.07. The number of piperazine rings is 1. The van der Waals surface area contributed by atoms with Crippen molar-refractivity contribution in [2.24, 2.45) is 0 Å². The van der Waals surface area contributed by atoms with E-state index in [-0.39, 0.29) is 5.91 Å². The smallest absolute Gasteiger partial charge is 0.286 e. The molecule has 3 aliphatic heterocycles. The molecule has 0 spiro atoms. The molecule has 1 fully saturated rings. The van der Waals surface area contributed by atoms with Gasteiger partial charge >= 0.3 is 0 Å². The molecule has 19 heavy (non-hydrogen) atoms. The quantitative estimate of drug-likeness (QED) is 0.824. The summed E-state index contributed by atoms with van der Waals surface area (Å²) in [5, 5.41) is 9.77. The van der Waals surface area contributed by atoms with Gasteiger partial charge in [0.1, 0.15) is 12.0 Å². The van der Waals surface area contributed by atoms with E-state index >= 15 is 0 Å². The van der Waals surface area contributed by atoms with Gasteiger partial charge in [-0.3, -0.25) is 10.2 Å². The highest BCUT2D eigenvalue weighted by molar-refractivity contribution is 5.98. The van der Waals surface area contributed by atoms with Crippen molar-refractivity contribution < 1.29 is 9.21 Å². The number of carbonyl (C=O) groups is 1. The Bertz CT molecular complexity index is 547. The fourth-order valence-corrected chi connectivity index (χ4v) is 2.07. The second kappa shape index (κ2) is 4.94. The normalized spacial score (nSPS) is 17.7. The largest absolute Gasteiger partial charge is 0.472 e. The van der Waals surface area contributed by atoms with Crippen LogP contribution in [-0.4, -0.2) is 59.2 Å². The molecular formula is C12H15N5O2. The van der Waals surface area contributed by atoms with Gasteiger partial charge in [0.05, 0.1) is 11.8 Å². The molecule has 0 bridgehead atoms. The highest BCUT2D eigenvalue weighted by Gasteiger charge is 2.23. The van der Waals surface area contributed by atoms with Crippen LogP contribution < -0.4 is 5.43 Å². The number of carbonyl (C=O) groups excluding carboxylic acids is 1. The summed E-state index contributed by atoms with van der Waals surface area (Å²) in [6.07, 6.45) is 3.01. The van der Waals surface area contributed by atoms with Crippen LogP contribution in [0.5, 0.6) is 0 Å². The van der Waals surface area contributed by atoms with Gasteiger partial charge in [-0.15, -0.1) is 10.2 Å². The van der Waals surface area contributed by atoms with Crippen LogP contribution in [0.4, 0.5) is 0 Å². The van der Waals surface area contributed by atoms with Crippen LogP contribution in [0.2, 0.25) is 0 Å². The third kappa shape index (κ3) is 2.42. The molecule has 0 radical (unpaired) electrons. The highest BCUT2D eigenvalue weighted by Crippen LogP contribution is 2.22. The molecule has 1 N–H and O–H groups in total. The van der Waals surface area contributed by atoms with Gasteiger partial charge in [0.2, 0.25) is 0 Å². The average Bonchev–Trinajstić information content (AvgIpc) is 2.85. The zero-order chi connectivity index (χ0) is 13.2. The molecule has 0 aromatic rings. The van der Waals surface area contributed by atoms with Crippen LogP contribution in [-0.2, 0) is 0 Å². The minimum Gasteiger partial charge on any atom is -0.472 e. The first-order valence-corrected chi connectivity index (χ1v) is 6.17. The lowest BCUT2D eigenvalue weighted by molar-refractivity contribution is 0.0658. The number of aromatic nitrogens is 2. The van der Waals surface area contributed by atoms with E-state index in [0.717, 1.165) is 26.2 Å². The fraction of sp³-hybridized carbons (Fsp3) is 0.417. The van der Waals surface area contributed by atoms with Gasteiger partial charge in [-0.2, -0.15) is 0 Å². The first kappa shape index (κ1) is 12.1. The Labute approximate surface area is 110 Å². The summed E-state index contributed by atoms with van der Waals surface area (Å²) >= 11 is 0. The van der Waals surface area contributed by atoms with Crippen LogP contribution in [0.15, 0.2) is 23.0 Å². The van der Waals surface area contributed by atoms with Gasteiger partial charge in [-0.1, -0.05) is 0 Å². The summed E-state index contributed by atoms with van der Waals surface area (Å²) in [6.45, 7) is 3.48. The Hall–Kier alpha value is -1.99. The van der Waals surface area contributed by atoms with Crippen LogP contribution in [0.1, 0.15) is 10.5 Å². The third-order valence-electron chi connectivity index (χ3n) is 3.26. The number of nitrogens with zero attached hydrogens (tertiary/aromatic N) is 4. The summed E-state index contributed by atoms with van der Waals surface area (Å²) in [5.74, 6) is -0.242. The lowest BCUT2D eigenvalue weighted by Crippen LogP contribution is -2.52. The van der Waals surface area contributed by atoms with E-state index in [1.807, 2.05) is 5.01 Å². The van der Waals surface area contributed by atoms with Crippen molar-refractivity contribution in [3.63, 3.8) is 0 Å². The molecule has 0 saturated carbocycles. The molecule has 0 atom stereocenters. The van der Waals surface area contributed by atoms with Crippen LogP contribution in [0.25, 0.3) is 11.3 Å². The standard InChI is InChI=1S/C12H15N5O2/c1-16-3-5-17(6-4-16)15-12(18)11-9-8-19-7-2-10(9)13-14-11/h2,7-8H,3-6H2,1H3,(H,15,18). The minimum atomic E-state index is -0.242. The van der Waals surface area contributed by atoms with E-state index in [1.54, 1.807) is 6.07 Å². The Morgan fingerprint density at radius 3 is 2.89 bits per heavy atom. The molecule has 1 amide bonds. The number of likely N-dealkylation sites (N-methyl/N-ethyl adjacent to an activating group) is 1. The minimum absolute atomic E-state index is 0.242. The van der Waals surface area contributed by atoms with Gasteiger partial charge < -0.3 is 9.32 Å². The van der Waals surface area contributed by atoms with Gasteiger partial charge in [0.15, 0.2) is 5.69 Å². The van der Waals surface area contributed by atoms with E-state index in [9.17, 15) is 4.79 Å². The summed E-state index contributed by atoms with van der Waals surface area (Å²) in [4.78, 5) is 14.4. The molecule has 3 aliphatic rings. The van der Waals surface area contributed by atoms with Gasteiger partial charge in [0.25, 0.3) is 5.91 Å². The molecule has 100 valence electrons. The number of hydrazine groups is 1. The molecule has 0 aromatic heterocycles. The van der Waals surface area contributed by atoms with Crippen LogP contribution in [0.3, 0.4) is 0 Å². The molecule has 0 unspecified atom stereocenters. The van der Waals surface area contributed by atoms with E-state index in [4.69, 9.17) is 4.42 Å². The number of rotatable bonds is 2. The zero-order valence-corrected chi connectivity index (χ0v) is 10.7. The highest BCUT2D eigenvalue weighted by atomic mass is 16.3. The Kier molecular flexibility index (Phi) is 3.14. The Morgan fingerprint density at radius 1 is 1.32 bits per heavy atom. The monoisotopic (exact) mass is 261 g/mol. The predicted molar refractivity (Wildman–Crippen MR) is 67.5 cm³/mol. The van der Waals surface area contributed by atoms with Crippen LogP contribution in [0, 0.1) is 0 Å². The summed E-state index contributed by atoms with van der Waals surface area (Å²) < 4.78 is 5.06. The summed E-state index contributed by atoms with van der Waals surface area (Å²) in [5.41, 5.74) is 4.46. The van der Waals surface area contributed by atoms with E-state index < -0.39 is 0 Å². The van der Waals surface area contributed by atoms with Gasteiger partial charge in [-0.25, -0.2) is 5.01 Å². The molecule has 7 heteroatoms. The van der Waals surface area contributed by atoms with Crippen molar-refractivity contribution in [1.29, 1.82) is 0 Å². The molecule has 1 saturated heterocycles. The Morgan fingerprint density at radius 2 is 2.11 bits per heavy atom. The number of hydrogen-bond donors (Lipinski definition) is 1. The summed E-state index contributed by atoms with van der Waals surface area (Å²) in [7, 11) is 2.07. The average molecular weight is 261 g/mol. The maximum Gasteiger partial charge on any atom is 0.286 e. The second-order valence-electron chi connectivity index (χ2n) is 4.64. The van der Waals surface area contributed by atoms with E-state index in [1.165, 1.54) is 12.5 Å². The van der Waals surface area contributed by atoms with Crippen LogP contribution >= 0.6 is 0 Å². The van der Waals surface area contributed by atoms with Crippen molar-refractivity contribution in [2.75, 3.05) is 33.2 Å². The number of fused-ring (bicyclic) bond motifs is 1. The SMILES string of the molecule is CN1CCN(NC(=O)c2nnc3ccocc2-3)CC1. The van der Waals surface area contributed by atoms with Gasteiger partial charge in [0, 0.05) is 32.2 Å². The van der Waals surface area contributed by atoms with Gasteiger partial charge in [-0.05, 0) is 7.05 Å². The van der Waals surface area contributed by atoms with E-state index in [2.05, 4.69) is 27.6 Å². The topological polar surface area (TPSA) is 74.5 Å². The molecule has 7 nitrogen and oxygen atoms in total. The van der Waals surface area contributed by atoms with Crippen molar-refractivity contribution in [1.82, 2.24) is 25.5 Å². The first-order valence-electron chi connectivity index (χ1n) is 6.17. The maximum atomic E-state index is 12.2. The third-order valence-corrected chi connectivity index (χ3v) is 3.26. The number of hydrogen-bond acceptors (Lipinski definition) is 6. The van der Waals surface area contributed by atoms with Crippen molar-refractivity contribution in [3.8, 4) is 11.3 Å². The van der Waals surface area contributed by atoms with Crippen molar-refractivity contribution in [2.45, 2.75) is 0 Å². The van der Waals surface area contributed by atoms with E-state index in [0.29, 0.717) is 17.0 Å². The second-order valence-corrected chi connectivity index (χ2v) is 4.64. The summed E-state index contributed by atoms with van der Waals surface area (Å²) in [6, 6.07) is 1.69.